The van der Waals surface area contributed by atoms with E-state index >= 15 is 0 Å². The van der Waals surface area contributed by atoms with Gasteiger partial charge in [-0.15, -0.1) is 0 Å². The summed E-state index contributed by atoms with van der Waals surface area (Å²) < 4.78 is 32.5. The number of amides is 1. The standard InChI is InChI=1S/C23H24N4O4S/c28-23(26-13-9-18(10-14-26)17-5-2-1-3-6-17)19-11-15-27(16-12-19)32(29,30)21-8-4-7-20-22(21)25-31-24-20/h1-9,19H,10-16H2. The van der Waals surface area contributed by atoms with Crippen LogP contribution in [0.4, 0.5) is 0 Å². The molecule has 1 amide bonds. The van der Waals surface area contributed by atoms with E-state index in [1.165, 1.54) is 21.5 Å². The van der Waals surface area contributed by atoms with Gasteiger partial charge in [0.05, 0.1) is 0 Å². The second-order valence-corrected chi connectivity index (χ2v) is 10.1. The average Bonchev–Trinajstić information content (AvgIpc) is 3.33. The van der Waals surface area contributed by atoms with E-state index in [1.54, 1.807) is 12.1 Å². The molecule has 0 atom stereocenters. The summed E-state index contributed by atoms with van der Waals surface area (Å²) in [5, 5.41) is 7.48. The molecule has 2 aliphatic rings. The molecule has 0 radical (unpaired) electrons. The molecule has 0 saturated carbocycles. The topological polar surface area (TPSA) is 96.6 Å². The second kappa shape index (κ2) is 8.48. The number of carbonyl (C=O) groups excluding carboxylic acids is 1. The number of benzene rings is 2. The highest BCUT2D eigenvalue weighted by Crippen LogP contribution is 2.29. The maximum Gasteiger partial charge on any atom is 0.245 e. The fraction of sp³-hybridized carbons (Fsp3) is 0.348. The summed E-state index contributed by atoms with van der Waals surface area (Å²) in [7, 11) is -3.73. The van der Waals surface area contributed by atoms with Crippen molar-refractivity contribution < 1.29 is 17.8 Å². The number of rotatable bonds is 4. The molecule has 3 aromatic rings. The number of fused-ring (bicyclic) bond motifs is 1. The van der Waals surface area contributed by atoms with Gasteiger partial charge < -0.3 is 4.90 Å². The Morgan fingerprint density at radius 1 is 0.969 bits per heavy atom. The third-order valence-corrected chi connectivity index (χ3v) is 8.27. The first-order valence-corrected chi connectivity index (χ1v) is 12.2. The van der Waals surface area contributed by atoms with Crippen molar-refractivity contribution in [3.63, 3.8) is 0 Å². The molecule has 8 nitrogen and oxygen atoms in total. The molecule has 2 aliphatic heterocycles. The molecule has 9 heteroatoms. The van der Waals surface area contributed by atoms with E-state index in [9.17, 15) is 13.2 Å². The van der Waals surface area contributed by atoms with E-state index in [2.05, 4.69) is 28.5 Å². The first-order chi connectivity index (χ1) is 15.5. The van der Waals surface area contributed by atoms with Gasteiger partial charge in [-0.3, -0.25) is 4.79 Å². The van der Waals surface area contributed by atoms with Crippen LogP contribution in [-0.2, 0) is 14.8 Å². The van der Waals surface area contributed by atoms with Gasteiger partial charge in [0.2, 0.25) is 15.9 Å². The lowest BCUT2D eigenvalue weighted by atomic mass is 9.94. The first kappa shape index (κ1) is 20.8. The van der Waals surface area contributed by atoms with Crippen molar-refractivity contribution in [1.82, 2.24) is 19.5 Å². The van der Waals surface area contributed by atoms with Crippen LogP contribution in [0.25, 0.3) is 16.6 Å². The summed E-state index contributed by atoms with van der Waals surface area (Å²) in [6, 6.07) is 15.0. The molecule has 0 aliphatic carbocycles. The number of hydrogen-bond donors (Lipinski definition) is 0. The Labute approximate surface area is 186 Å². The van der Waals surface area contributed by atoms with E-state index in [0.29, 0.717) is 44.5 Å². The van der Waals surface area contributed by atoms with Crippen LogP contribution in [0.2, 0.25) is 0 Å². The van der Waals surface area contributed by atoms with Gasteiger partial charge in [-0.05, 0) is 52.8 Å². The summed E-state index contributed by atoms with van der Waals surface area (Å²) in [6.45, 7) is 1.90. The maximum atomic E-state index is 13.2. The largest absolute Gasteiger partial charge is 0.338 e. The fourth-order valence-corrected chi connectivity index (χ4v) is 6.12. The Hall–Kier alpha value is -3.04. The van der Waals surface area contributed by atoms with Crippen molar-refractivity contribution in [2.75, 3.05) is 26.2 Å². The molecule has 166 valence electrons. The summed E-state index contributed by atoms with van der Waals surface area (Å²) in [5.74, 6) is -0.0363. The zero-order valence-corrected chi connectivity index (χ0v) is 18.4. The molecular weight excluding hydrogens is 428 g/mol. The average molecular weight is 453 g/mol. The molecule has 1 fully saturated rings. The van der Waals surface area contributed by atoms with E-state index in [0.717, 1.165) is 6.42 Å². The van der Waals surface area contributed by atoms with Gasteiger partial charge >= 0.3 is 0 Å². The number of carbonyl (C=O) groups is 1. The van der Waals surface area contributed by atoms with Crippen LogP contribution in [0, 0.1) is 5.92 Å². The molecule has 2 aromatic carbocycles. The molecule has 0 N–H and O–H groups in total. The molecule has 5 rings (SSSR count). The lowest BCUT2D eigenvalue weighted by Crippen LogP contribution is -2.45. The lowest BCUT2D eigenvalue weighted by Gasteiger charge is -2.34. The van der Waals surface area contributed by atoms with Gasteiger partial charge in [-0.2, -0.15) is 4.31 Å². The lowest BCUT2D eigenvalue weighted by molar-refractivity contribution is -0.136. The number of piperidine rings is 1. The zero-order valence-electron chi connectivity index (χ0n) is 17.6. The van der Waals surface area contributed by atoms with E-state index in [1.807, 2.05) is 23.1 Å². The van der Waals surface area contributed by atoms with Gasteiger partial charge in [0.25, 0.3) is 0 Å². The van der Waals surface area contributed by atoms with Crippen LogP contribution in [0.3, 0.4) is 0 Å². The Morgan fingerprint density at radius 3 is 2.47 bits per heavy atom. The molecule has 0 bridgehead atoms. The predicted molar refractivity (Wildman–Crippen MR) is 119 cm³/mol. The maximum absolute atomic E-state index is 13.2. The van der Waals surface area contributed by atoms with Gasteiger partial charge in [0.1, 0.15) is 10.4 Å². The quantitative estimate of drug-likeness (QED) is 0.604. The molecule has 1 aromatic heterocycles. The predicted octanol–water partition coefficient (Wildman–Crippen LogP) is 2.94. The number of hydrogen-bond acceptors (Lipinski definition) is 6. The van der Waals surface area contributed by atoms with Crippen molar-refractivity contribution in [1.29, 1.82) is 0 Å². The highest BCUT2D eigenvalue weighted by Gasteiger charge is 2.35. The minimum atomic E-state index is -3.73. The number of nitrogens with zero attached hydrogens (tertiary/aromatic N) is 4. The fourth-order valence-electron chi connectivity index (χ4n) is 4.51. The minimum absolute atomic E-state index is 0.0932. The Morgan fingerprint density at radius 2 is 1.75 bits per heavy atom. The van der Waals surface area contributed by atoms with Crippen molar-refractivity contribution in [3.05, 3.63) is 60.2 Å². The summed E-state index contributed by atoms with van der Waals surface area (Å²) in [6.07, 6.45) is 3.98. The highest BCUT2D eigenvalue weighted by atomic mass is 32.2. The van der Waals surface area contributed by atoms with Crippen LogP contribution >= 0.6 is 0 Å². The Bertz CT molecular complexity index is 1260. The van der Waals surface area contributed by atoms with E-state index in [4.69, 9.17) is 4.63 Å². The molecule has 0 spiro atoms. The van der Waals surface area contributed by atoms with Crippen molar-refractivity contribution in [2.24, 2.45) is 5.92 Å². The molecule has 1 saturated heterocycles. The van der Waals surface area contributed by atoms with Crippen molar-refractivity contribution in [3.8, 4) is 0 Å². The van der Waals surface area contributed by atoms with Crippen LogP contribution in [0.5, 0.6) is 0 Å². The zero-order chi connectivity index (χ0) is 22.1. The Balaban J connectivity index is 1.23. The third-order valence-electron chi connectivity index (χ3n) is 6.34. The number of sulfonamides is 1. The van der Waals surface area contributed by atoms with Gasteiger partial charge in [0.15, 0.2) is 5.52 Å². The smallest absolute Gasteiger partial charge is 0.245 e. The SMILES string of the molecule is O=C(C1CCN(S(=O)(=O)c2cccc3nonc23)CC1)N1CC=C(c2ccccc2)CC1. The van der Waals surface area contributed by atoms with Crippen molar-refractivity contribution >= 4 is 32.5 Å². The van der Waals surface area contributed by atoms with Crippen LogP contribution < -0.4 is 0 Å². The molecule has 0 unspecified atom stereocenters. The Kier molecular flexibility index (Phi) is 5.52. The minimum Gasteiger partial charge on any atom is -0.338 e. The summed E-state index contributed by atoms with van der Waals surface area (Å²) >= 11 is 0. The van der Waals surface area contributed by atoms with Crippen molar-refractivity contribution in [2.45, 2.75) is 24.2 Å². The summed E-state index contributed by atoms with van der Waals surface area (Å²) in [5.41, 5.74) is 3.12. The second-order valence-electron chi connectivity index (χ2n) is 8.20. The molecule has 3 heterocycles. The highest BCUT2D eigenvalue weighted by molar-refractivity contribution is 7.89. The van der Waals surface area contributed by atoms with Gasteiger partial charge in [-0.25, -0.2) is 13.0 Å². The third kappa shape index (κ3) is 3.82. The summed E-state index contributed by atoms with van der Waals surface area (Å²) in [4.78, 5) is 15.0. The monoisotopic (exact) mass is 452 g/mol. The number of aromatic nitrogens is 2. The molecular formula is C23H24N4O4S. The molecule has 32 heavy (non-hydrogen) atoms. The van der Waals surface area contributed by atoms with Crippen LogP contribution in [-0.4, -0.2) is 60.0 Å². The normalized spacial score (nSPS) is 18.6. The van der Waals surface area contributed by atoms with Crippen LogP contribution in [0.15, 0.2) is 64.1 Å². The van der Waals surface area contributed by atoms with Gasteiger partial charge in [0, 0.05) is 32.1 Å². The van der Waals surface area contributed by atoms with Crippen LogP contribution in [0.1, 0.15) is 24.8 Å². The van der Waals surface area contributed by atoms with Gasteiger partial charge in [-0.1, -0.05) is 42.5 Å². The first-order valence-electron chi connectivity index (χ1n) is 10.8. The van der Waals surface area contributed by atoms with E-state index < -0.39 is 10.0 Å². The van der Waals surface area contributed by atoms with E-state index in [-0.39, 0.29) is 22.2 Å².